The topological polar surface area (TPSA) is 74.8 Å². The van der Waals surface area contributed by atoms with Crippen LogP contribution in [-0.4, -0.2) is 47.9 Å². The summed E-state index contributed by atoms with van der Waals surface area (Å²) in [7, 11) is 0. The van der Waals surface area contributed by atoms with Gasteiger partial charge in [-0.2, -0.15) is 18.2 Å². The highest BCUT2D eigenvalue weighted by atomic mass is 35.5. The van der Waals surface area contributed by atoms with Crippen LogP contribution in [0.25, 0.3) is 0 Å². The van der Waals surface area contributed by atoms with E-state index >= 15 is 0 Å². The number of hydrogen-bond acceptors (Lipinski definition) is 5. The molecule has 1 fully saturated rings. The molecule has 2 aliphatic heterocycles. The number of carbonyl (C=O) groups is 2. The number of rotatable bonds is 2. The van der Waals surface area contributed by atoms with Crippen LogP contribution >= 0.6 is 11.6 Å². The van der Waals surface area contributed by atoms with E-state index in [0.29, 0.717) is 35.4 Å². The Morgan fingerprint density at radius 2 is 1.77 bits per heavy atom. The molecule has 35 heavy (non-hydrogen) atoms. The first-order chi connectivity index (χ1) is 16.7. The van der Waals surface area contributed by atoms with Crippen LogP contribution in [0.2, 0.25) is 5.02 Å². The van der Waals surface area contributed by atoms with Crippen molar-refractivity contribution in [2.45, 2.75) is 6.18 Å². The number of amides is 2. The number of ether oxygens (including phenoxy) is 1. The molecule has 7 nitrogen and oxygen atoms in total. The van der Waals surface area contributed by atoms with Crippen molar-refractivity contribution < 1.29 is 27.5 Å². The van der Waals surface area contributed by atoms with Crippen molar-refractivity contribution >= 4 is 34.9 Å². The zero-order chi connectivity index (χ0) is 24.7. The number of benzene rings is 2. The Labute approximate surface area is 203 Å². The Balaban J connectivity index is 1.33. The summed E-state index contributed by atoms with van der Waals surface area (Å²) in [4.78, 5) is 33.2. The number of alkyl halides is 3. The van der Waals surface area contributed by atoms with Crippen LogP contribution in [0.3, 0.4) is 0 Å². The highest BCUT2D eigenvalue weighted by Gasteiger charge is 2.36. The number of nitrogens with one attached hydrogen (secondary N) is 1. The van der Waals surface area contributed by atoms with E-state index in [1.54, 1.807) is 30.3 Å². The second kappa shape index (κ2) is 8.77. The van der Waals surface area contributed by atoms with Gasteiger partial charge < -0.3 is 19.9 Å². The molecule has 3 heterocycles. The number of nitrogens with zero attached hydrogens (tertiary/aromatic N) is 3. The van der Waals surface area contributed by atoms with Crippen LogP contribution in [-0.2, 0) is 6.18 Å². The van der Waals surface area contributed by atoms with E-state index in [1.807, 2.05) is 4.90 Å². The summed E-state index contributed by atoms with van der Waals surface area (Å²) in [6.45, 7) is 1.12. The first-order valence-electron chi connectivity index (χ1n) is 10.7. The molecular formula is C24H18ClF3N4O3. The number of carbonyl (C=O) groups excluding carboxylic acids is 2. The average molecular weight is 503 g/mol. The number of halogens is 4. The van der Waals surface area contributed by atoms with E-state index in [0.717, 1.165) is 6.07 Å². The highest BCUT2D eigenvalue weighted by molar-refractivity contribution is 6.31. The zero-order valence-electron chi connectivity index (χ0n) is 18.1. The molecular weight excluding hydrogens is 485 g/mol. The minimum absolute atomic E-state index is 0.110. The molecule has 0 spiro atoms. The van der Waals surface area contributed by atoms with E-state index in [4.69, 9.17) is 16.3 Å². The van der Waals surface area contributed by atoms with Crippen molar-refractivity contribution in [2.75, 3.05) is 36.4 Å². The minimum Gasteiger partial charge on any atom is -0.436 e. The lowest BCUT2D eigenvalue weighted by atomic mass is 10.1. The lowest BCUT2D eigenvalue weighted by Gasteiger charge is -2.36. The van der Waals surface area contributed by atoms with Crippen LogP contribution in [0.4, 0.5) is 24.7 Å². The number of piperazine rings is 1. The zero-order valence-corrected chi connectivity index (χ0v) is 18.9. The van der Waals surface area contributed by atoms with Gasteiger partial charge in [-0.15, -0.1) is 0 Å². The third-order valence-corrected chi connectivity index (χ3v) is 6.08. The maximum absolute atomic E-state index is 13.3. The van der Waals surface area contributed by atoms with Gasteiger partial charge in [0.15, 0.2) is 5.75 Å². The number of aromatic nitrogens is 1. The predicted molar refractivity (Wildman–Crippen MR) is 123 cm³/mol. The highest BCUT2D eigenvalue weighted by Crippen LogP contribution is 2.37. The summed E-state index contributed by atoms with van der Waals surface area (Å²) < 4.78 is 45.9. The first-order valence-corrected chi connectivity index (χ1v) is 11.1. The lowest BCUT2D eigenvalue weighted by Crippen LogP contribution is -2.49. The Kier molecular flexibility index (Phi) is 5.76. The molecule has 1 aromatic heterocycles. The van der Waals surface area contributed by atoms with Crippen molar-refractivity contribution in [1.29, 1.82) is 0 Å². The number of hydrogen-bond donors (Lipinski definition) is 1. The quantitative estimate of drug-likeness (QED) is 0.529. The van der Waals surface area contributed by atoms with Gasteiger partial charge in [-0.1, -0.05) is 23.7 Å². The second-order valence-electron chi connectivity index (χ2n) is 8.04. The van der Waals surface area contributed by atoms with E-state index < -0.39 is 17.6 Å². The third-order valence-electron chi connectivity index (χ3n) is 5.84. The number of pyridine rings is 1. The van der Waals surface area contributed by atoms with Gasteiger partial charge in [0.25, 0.3) is 11.8 Å². The fourth-order valence-electron chi connectivity index (χ4n) is 4.06. The van der Waals surface area contributed by atoms with Gasteiger partial charge in [-0.3, -0.25) is 9.59 Å². The molecule has 0 saturated carbocycles. The summed E-state index contributed by atoms with van der Waals surface area (Å²) in [6.07, 6.45) is -4.62. The maximum Gasteiger partial charge on any atom is 0.417 e. The van der Waals surface area contributed by atoms with Crippen LogP contribution in [0.1, 0.15) is 26.3 Å². The smallest absolute Gasteiger partial charge is 0.417 e. The van der Waals surface area contributed by atoms with Crippen LogP contribution in [0.5, 0.6) is 11.6 Å². The molecule has 1 saturated heterocycles. The van der Waals surface area contributed by atoms with Crippen LogP contribution in [0, 0.1) is 0 Å². The molecule has 2 aliphatic rings. The molecule has 0 bridgehead atoms. The number of anilines is 2. The Bertz CT molecular complexity index is 1320. The van der Waals surface area contributed by atoms with Gasteiger partial charge >= 0.3 is 6.18 Å². The maximum atomic E-state index is 13.3. The van der Waals surface area contributed by atoms with Crippen LogP contribution in [0.15, 0.2) is 54.6 Å². The summed E-state index contributed by atoms with van der Waals surface area (Å²) in [5, 5.41) is 3.19. The van der Waals surface area contributed by atoms with Crippen molar-refractivity contribution in [3.8, 4) is 11.6 Å². The van der Waals surface area contributed by atoms with Gasteiger partial charge in [0.05, 0.1) is 16.8 Å². The monoisotopic (exact) mass is 502 g/mol. The molecule has 180 valence electrons. The molecule has 5 rings (SSSR count). The Morgan fingerprint density at radius 1 is 1.03 bits per heavy atom. The fourth-order valence-corrected chi connectivity index (χ4v) is 4.22. The summed E-state index contributed by atoms with van der Waals surface area (Å²) >= 11 is 6.05. The van der Waals surface area contributed by atoms with E-state index in [9.17, 15) is 22.8 Å². The largest absolute Gasteiger partial charge is 0.436 e. The van der Waals surface area contributed by atoms with E-state index in [2.05, 4.69) is 10.3 Å². The molecule has 3 aromatic rings. The molecule has 0 radical (unpaired) electrons. The van der Waals surface area contributed by atoms with Crippen molar-refractivity contribution in [2.24, 2.45) is 0 Å². The third kappa shape index (κ3) is 4.49. The summed E-state index contributed by atoms with van der Waals surface area (Å²) in [6, 6.07) is 12.9. The Hall–Kier alpha value is -3.79. The van der Waals surface area contributed by atoms with Crippen molar-refractivity contribution in [3.63, 3.8) is 0 Å². The van der Waals surface area contributed by atoms with Crippen molar-refractivity contribution in [1.82, 2.24) is 9.88 Å². The van der Waals surface area contributed by atoms with Gasteiger partial charge in [0.1, 0.15) is 11.4 Å². The fraction of sp³-hybridized carbons (Fsp3) is 0.208. The first kappa shape index (κ1) is 23.0. The second-order valence-corrected chi connectivity index (χ2v) is 8.48. The normalized spacial score (nSPS) is 15.5. The molecule has 2 amide bonds. The molecule has 0 aliphatic carbocycles. The van der Waals surface area contributed by atoms with Gasteiger partial charge in [0, 0.05) is 37.3 Å². The van der Waals surface area contributed by atoms with Crippen molar-refractivity contribution in [3.05, 3.63) is 76.3 Å². The molecule has 1 N–H and O–H groups in total. The predicted octanol–water partition coefficient (Wildman–Crippen LogP) is 5.07. The van der Waals surface area contributed by atoms with Gasteiger partial charge in [-0.05, 0) is 36.4 Å². The summed E-state index contributed by atoms with van der Waals surface area (Å²) in [5.41, 5.74) is -0.604. The van der Waals surface area contributed by atoms with E-state index in [1.165, 1.54) is 23.1 Å². The van der Waals surface area contributed by atoms with Gasteiger partial charge in [-0.25, -0.2) is 0 Å². The molecule has 2 aromatic carbocycles. The van der Waals surface area contributed by atoms with Gasteiger partial charge in [0.2, 0.25) is 5.88 Å². The SMILES string of the molecule is O=C1Nc2ccc(Cl)cc2Oc2nc(N3CCN(C(=O)c4ccccc4C(F)(F)F)CC3)ccc21. The molecule has 11 heteroatoms. The summed E-state index contributed by atoms with van der Waals surface area (Å²) in [5.74, 6) is -0.0590. The molecule has 0 atom stereocenters. The Morgan fingerprint density at radius 3 is 2.51 bits per heavy atom. The molecule has 0 unspecified atom stereocenters. The lowest BCUT2D eigenvalue weighted by molar-refractivity contribution is -0.138. The standard InChI is InChI=1S/C24H18ClF3N4O3/c25-14-5-7-18-19(13-14)35-22-16(21(33)29-18)6-8-20(30-22)31-9-11-32(12-10-31)23(34)15-3-1-2-4-17(15)24(26,27)28/h1-8,13H,9-12H2,(H,29,33). The van der Waals surface area contributed by atoms with E-state index in [-0.39, 0.29) is 36.0 Å². The van der Waals surface area contributed by atoms with Crippen LogP contribution < -0.4 is 15.0 Å². The number of fused-ring (bicyclic) bond motifs is 2. The average Bonchev–Trinajstić information content (AvgIpc) is 2.98. The minimum atomic E-state index is -4.62.